The first-order valence-corrected chi connectivity index (χ1v) is 5.34. The Kier molecular flexibility index (Phi) is 3.14. The molecule has 0 radical (unpaired) electrons. The molecule has 16 heavy (non-hydrogen) atoms. The highest BCUT2D eigenvalue weighted by Gasteiger charge is 2.11. The molecule has 80 valence electrons. The smallest absolute Gasteiger partial charge is 0.151 e. The summed E-state index contributed by atoms with van der Waals surface area (Å²) in [5.74, 6) is 0.584. The van der Waals surface area contributed by atoms with Crippen LogP contribution in [0.4, 0.5) is 0 Å². The molecule has 1 N–H and O–H groups in total. The first kappa shape index (κ1) is 11.0. The van der Waals surface area contributed by atoms with E-state index in [2.05, 4.69) is 9.97 Å². The molecule has 0 saturated heterocycles. The molecule has 2 rings (SSSR count). The first-order valence-electron chi connectivity index (χ1n) is 4.58. The molecule has 0 aliphatic carbocycles. The van der Waals surface area contributed by atoms with Crippen molar-refractivity contribution in [1.29, 1.82) is 5.26 Å². The van der Waals surface area contributed by atoms with E-state index in [4.69, 9.17) is 28.5 Å². The minimum Gasteiger partial charge on any atom is -0.340 e. The van der Waals surface area contributed by atoms with Gasteiger partial charge in [-0.2, -0.15) is 5.26 Å². The van der Waals surface area contributed by atoms with Crippen LogP contribution in [0.25, 0.3) is 11.4 Å². The van der Waals surface area contributed by atoms with Crippen LogP contribution in [0, 0.1) is 11.3 Å². The molecule has 0 spiro atoms. The maximum atomic E-state index is 8.60. The van der Waals surface area contributed by atoms with Crippen LogP contribution in [0.15, 0.2) is 24.3 Å². The molecule has 0 fully saturated rings. The minimum absolute atomic E-state index is 0.205. The highest BCUT2D eigenvalue weighted by molar-refractivity contribution is 6.33. The fourth-order valence-corrected chi connectivity index (χ4v) is 1.79. The van der Waals surface area contributed by atoms with Gasteiger partial charge in [0, 0.05) is 5.56 Å². The molecule has 0 unspecified atom stereocenters. The number of nitrogens with one attached hydrogen (secondary N) is 1. The molecule has 0 bridgehead atoms. The Hall–Kier alpha value is -1.50. The second-order valence-corrected chi connectivity index (χ2v) is 3.93. The van der Waals surface area contributed by atoms with Gasteiger partial charge in [0.05, 0.1) is 23.2 Å². The molecule has 2 aromatic rings. The maximum absolute atomic E-state index is 8.60. The van der Waals surface area contributed by atoms with Crippen molar-refractivity contribution in [3.63, 3.8) is 0 Å². The Morgan fingerprint density at radius 1 is 1.31 bits per heavy atom. The number of imidazole rings is 1. The van der Waals surface area contributed by atoms with Crippen molar-refractivity contribution >= 4 is 23.2 Å². The SMILES string of the molecule is N#CCc1[nH]c(-c2ccccc2Cl)nc1Cl. The van der Waals surface area contributed by atoms with Gasteiger partial charge in [-0.1, -0.05) is 35.3 Å². The molecular weight excluding hydrogens is 245 g/mol. The van der Waals surface area contributed by atoms with Crippen molar-refractivity contribution in [2.45, 2.75) is 6.42 Å². The van der Waals surface area contributed by atoms with Gasteiger partial charge < -0.3 is 4.98 Å². The predicted octanol–water partition coefficient (Wildman–Crippen LogP) is 3.45. The van der Waals surface area contributed by atoms with Gasteiger partial charge in [-0.15, -0.1) is 0 Å². The Morgan fingerprint density at radius 3 is 2.75 bits per heavy atom. The third kappa shape index (κ3) is 2.04. The number of hydrogen-bond acceptors (Lipinski definition) is 2. The zero-order valence-corrected chi connectivity index (χ0v) is 9.68. The number of nitriles is 1. The number of halogens is 2. The molecule has 5 heteroatoms. The molecular formula is C11H7Cl2N3. The van der Waals surface area contributed by atoms with Gasteiger partial charge >= 0.3 is 0 Å². The van der Waals surface area contributed by atoms with Gasteiger partial charge in [0.25, 0.3) is 0 Å². The molecule has 1 aromatic heterocycles. The lowest BCUT2D eigenvalue weighted by molar-refractivity contribution is 1.16. The van der Waals surface area contributed by atoms with E-state index in [1.54, 1.807) is 6.07 Å². The van der Waals surface area contributed by atoms with Crippen LogP contribution < -0.4 is 0 Å². The van der Waals surface area contributed by atoms with Gasteiger partial charge in [0.15, 0.2) is 5.15 Å². The summed E-state index contributed by atoms with van der Waals surface area (Å²) < 4.78 is 0. The lowest BCUT2D eigenvalue weighted by Crippen LogP contribution is -1.83. The van der Waals surface area contributed by atoms with Gasteiger partial charge in [0.1, 0.15) is 5.82 Å². The molecule has 0 aliphatic rings. The number of nitrogens with zero attached hydrogens (tertiary/aromatic N) is 2. The highest BCUT2D eigenvalue weighted by Crippen LogP contribution is 2.27. The van der Waals surface area contributed by atoms with Crippen LogP contribution in [-0.4, -0.2) is 9.97 Å². The summed E-state index contributed by atoms with van der Waals surface area (Å²) in [4.78, 5) is 7.12. The van der Waals surface area contributed by atoms with E-state index in [1.807, 2.05) is 24.3 Å². The van der Waals surface area contributed by atoms with E-state index in [9.17, 15) is 0 Å². The quantitative estimate of drug-likeness (QED) is 0.889. The number of benzene rings is 1. The predicted molar refractivity (Wildman–Crippen MR) is 63.4 cm³/mol. The zero-order valence-electron chi connectivity index (χ0n) is 8.17. The van der Waals surface area contributed by atoms with Crippen molar-refractivity contribution in [2.75, 3.05) is 0 Å². The lowest BCUT2D eigenvalue weighted by atomic mass is 10.2. The molecule has 0 aliphatic heterocycles. The summed E-state index contributed by atoms with van der Waals surface area (Å²) in [6, 6.07) is 9.33. The monoisotopic (exact) mass is 251 g/mol. The second-order valence-electron chi connectivity index (χ2n) is 3.17. The highest BCUT2D eigenvalue weighted by atomic mass is 35.5. The fraction of sp³-hybridized carbons (Fsp3) is 0.0909. The molecule has 1 heterocycles. The van der Waals surface area contributed by atoms with Crippen LogP contribution in [0.3, 0.4) is 0 Å². The van der Waals surface area contributed by atoms with E-state index in [0.29, 0.717) is 21.7 Å². The molecule has 0 atom stereocenters. The van der Waals surface area contributed by atoms with Crippen LogP contribution >= 0.6 is 23.2 Å². The first-order chi connectivity index (χ1) is 7.72. The topological polar surface area (TPSA) is 52.5 Å². The van der Waals surface area contributed by atoms with E-state index >= 15 is 0 Å². The lowest BCUT2D eigenvalue weighted by Gasteiger charge is -1.98. The Balaban J connectivity index is 2.46. The summed E-state index contributed by atoms with van der Waals surface area (Å²) >= 11 is 11.9. The average molecular weight is 252 g/mol. The summed E-state index contributed by atoms with van der Waals surface area (Å²) in [7, 11) is 0. The van der Waals surface area contributed by atoms with Crippen LogP contribution in [0.1, 0.15) is 5.69 Å². The normalized spacial score (nSPS) is 10.1. The zero-order chi connectivity index (χ0) is 11.5. The van der Waals surface area contributed by atoms with Gasteiger partial charge in [0.2, 0.25) is 0 Å². The van der Waals surface area contributed by atoms with Crippen LogP contribution in [-0.2, 0) is 6.42 Å². The van der Waals surface area contributed by atoms with Gasteiger partial charge in [-0.05, 0) is 12.1 Å². The molecule has 0 amide bonds. The van der Waals surface area contributed by atoms with Crippen LogP contribution in [0.2, 0.25) is 10.2 Å². The third-order valence-electron chi connectivity index (χ3n) is 2.11. The van der Waals surface area contributed by atoms with Gasteiger partial charge in [-0.25, -0.2) is 4.98 Å². The Labute approximate surface area is 103 Å². The summed E-state index contributed by atoms with van der Waals surface area (Å²) in [6.45, 7) is 0. The number of hydrogen-bond donors (Lipinski definition) is 1. The fourth-order valence-electron chi connectivity index (χ4n) is 1.37. The standard InChI is InChI=1S/C11H7Cl2N3/c12-8-4-2-1-3-7(8)11-15-9(5-6-14)10(13)16-11/h1-4H,5H2,(H,15,16). The van der Waals surface area contributed by atoms with Crippen molar-refractivity contribution in [2.24, 2.45) is 0 Å². The average Bonchev–Trinajstić information content (AvgIpc) is 2.61. The summed E-state index contributed by atoms with van der Waals surface area (Å²) in [5.41, 5.74) is 1.38. The molecule has 1 aromatic carbocycles. The minimum atomic E-state index is 0.205. The summed E-state index contributed by atoms with van der Waals surface area (Å²) in [5, 5.41) is 9.51. The number of rotatable bonds is 2. The van der Waals surface area contributed by atoms with E-state index < -0.39 is 0 Å². The number of aromatic nitrogens is 2. The van der Waals surface area contributed by atoms with E-state index in [-0.39, 0.29) is 6.42 Å². The van der Waals surface area contributed by atoms with Crippen molar-refractivity contribution in [1.82, 2.24) is 9.97 Å². The van der Waals surface area contributed by atoms with Crippen molar-refractivity contribution in [3.05, 3.63) is 40.1 Å². The van der Waals surface area contributed by atoms with Gasteiger partial charge in [-0.3, -0.25) is 0 Å². The van der Waals surface area contributed by atoms with Crippen molar-refractivity contribution in [3.8, 4) is 17.5 Å². The Morgan fingerprint density at radius 2 is 2.06 bits per heavy atom. The van der Waals surface area contributed by atoms with Crippen molar-refractivity contribution < 1.29 is 0 Å². The maximum Gasteiger partial charge on any atom is 0.151 e. The Bertz CT molecular complexity index is 555. The molecule has 0 saturated carbocycles. The van der Waals surface area contributed by atoms with Crippen LogP contribution in [0.5, 0.6) is 0 Å². The second kappa shape index (κ2) is 4.56. The molecule has 3 nitrogen and oxygen atoms in total. The third-order valence-corrected chi connectivity index (χ3v) is 2.76. The largest absolute Gasteiger partial charge is 0.340 e. The van der Waals surface area contributed by atoms with E-state index in [0.717, 1.165) is 5.56 Å². The number of aromatic amines is 1. The van der Waals surface area contributed by atoms with E-state index in [1.165, 1.54) is 0 Å². The summed E-state index contributed by atoms with van der Waals surface area (Å²) in [6.07, 6.45) is 0.205. The number of H-pyrrole nitrogens is 1.